The van der Waals surface area contributed by atoms with Crippen LogP contribution < -0.4 is 9.47 Å². The topological polar surface area (TPSA) is 58.9 Å². The Labute approximate surface area is 198 Å². The van der Waals surface area contributed by atoms with Crippen LogP contribution in [0.2, 0.25) is 0 Å². The van der Waals surface area contributed by atoms with Crippen molar-refractivity contribution in [3.63, 3.8) is 0 Å². The lowest BCUT2D eigenvalue weighted by Gasteiger charge is -2.20. The van der Waals surface area contributed by atoms with Gasteiger partial charge in [-0.3, -0.25) is 0 Å². The van der Waals surface area contributed by atoms with E-state index < -0.39 is 0 Å². The van der Waals surface area contributed by atoms with Gasteiger partial charge >= 0.3 is 0 Å². The van der Waals surface area contributed by atoms with E-state index in [4.69, 9.17) is 9.47 Å². The first kappa shape index (κ1) is 22.0. The lowest BCUT2D eigenvalue weighted by atomic mass is 9.84. The van der Waals surface area contributed by atoms with Gasteiger partial charge in [0.1, 0.15) is 11.5 Å². The van der Waals surface area contributed by atoms with Gasteiger partial charge in [0.2, 0.25) is 0 Å². The molecular weight excluding hydrogens is 424 g/mol. The van der Waals surface area contributed by atoms with E-state index in [2.05, 4.69) is 48.5 Å². The molecule has 5 rings (SSSR count). The van der Waals surface area contributed by atoms with Gasteiger partial charge in [0.15, 0.2) is 0 Å². The number of aliphatic hydroxyl groups is 2. The van der Waals surface area contributed by atoms with Crippen LogP contribution >= 0.6 is 0 Å². The second-order valence-corrected chi connectivity index (χ2v) is 8.28. The third-order valence-electron chi connectivity index (χ3n) is 6.38. The highest BCUT2D eigenvalue weighted by molar-refractivity contribution is 6.22. The van der Waals surface area contributed by atoms with Gasteiger partial charge in [0, 0.05) is 0 Å². The van der Waals surface area contributed by atoms with Crippen LogP contribution in [0.1, 0.15) is 11.1 Å². The summed E-state index contributed by atoms with van der Waals surface area (Å²) in [5.74, 6) is 1.58. The molecule has 0 spiro atoms. The minimum absolute atomic E-state index is 0.00371. The van der Waals surface area contributed by atoms with E-state index in [1.807, 2.05) is 36.4 Å². The number of rotatable bonds is 6. The van der Waals surface area contributed by atoms with Gasteiger partial charge in [-0.05, 0) is 85.3 Å². The summed E-state index contributed by atoms with van der Waals surface area (Å²) in [5, 5.41) is 23.7. The van der Waals surface area contributed by atoms with Crippen LogP contribution in [-0.2, 0) is 13.2 Å². The lowest BCUT2D eigenvalue weighted by Crippen LogP contribution is -1.94. The van der Waals surface area contributed by atoms with Crippen LogP contribution in [0.25, 0.3) is 43.8 Å². The van der Waals surface area contributed by atoms with Crippen molar-refractivity contribution in [1.29, 1.82) is 0 Å². The number of aliphatic hydroxyl groups excluding tert-OH is 2. The summed E-state index contributed by atoms with van der Waals surface area (Å²) >= 11 is 0. The largest absolute Gasteiger partial charge is 0.497 e. The Morgan fingerprint density at radius 2 is 0.971 bits per heavy atom. The van der Waals surface area contributed by atoms with E-state index in [-0.39, 0.29) is 13.2 Å². The van der Waals surface area contributed by atoms with Gasteiger partial charge < -0.3 is 19.7 Å². The molecule has 0 radical (unpaired) electrons. The molecule has 4 heteroatoms. The smallest absolute Gasteiger partial charge is 0.119 e. The van der Waals surface area contributed by atoms with Crippen LogP contribution in [0.5, 0.6) is 11.5 Å². The fraction of sp³-hybridized carbons (Fsp3) is 0.133. The van der Waals surface area contributed by atoms with Crippen molar-refractivity contribution in [2.75, 3.05) is 14.2 Å². The van der Waals surface area contributed by atoms with E-state index >= 15 is 0 Å². The molecule has 0 unspecified atom stereocenters. The van der Waals surface area contributed by atoms with Crippen molar-refractivity contribution in [3.05, 3.63) is 96.1 Å². The van der Waals surface area contributed by atoms with Crippen LogP contribution in [-0.4, -0.2) is 24.4 Å². The Morgan fingerprint density at radius 1 is 0.500 bits per heavy atom. The van der Waals surface area contributed by atoms with E-state index in [1.165, 1.54) is 0 Å². The first-order valence-corrected chi connectivity index (χ1v) is 11.2. The molecule has 0 heterocycles. The zero-order chi connectivity index (χ0) is 23.7. The van der Waals surface area contributed by atoms with Gasteiger partial charge in [-0.2, -0.15) is 0 Å². The van der Waals surface area contributed by atoms with Gasteiger partial charge in [0.25, 0.3) is 0 Å². The average Bonchev–Trinajstić information content (AvgIpc) is 2.91. The van der Waals surface area contributed by atoms with Gasteiger partial charge in [-0.25, -0.2) is 0 Å². The molecule has 2 N–H and O–H groups in total. The second kappa shape index (κ2) is 9.18. The lowest BCUT2D eigenvalue weighted by molar-refractivity contribution is 0.281. The molecule has 0 fully saturated rings. The number of hydrogen-bond acceptors (Lipinski definition) is 4. The quantitative estimate of drug-likeness (QED) is 0.297. The summed E-state index contributed by atoms with van der Waals surface area (Å²) in [6.45, 7) is -0.0219. The summed E-state index contributed by atoms with van der Waals surface area (Å²) in [7, 11) is 3.34. The zero-order valence-corrected chi connectivity index (χ0v) is 19.2. The molecular formula is C30H26O4. The first-order valence-electron chi connectivity index (χ1n) is 11.2. The van der Waals surface area contributed by atoms with Crippen LogP contribution in [0.3, 0.4) is 0 Å². The van der Waals surface area contributed by atoms with Crippen molar-refractivity contribution in [2.45, 2.75) is 13.2 Å². The maximum atomic E-state index is 9.84. The van der Waals surface area contributed by atoms with Gasteiger partial charge in [-0.15, -0.1) is 0 Å². The Morgan fingerprint density at radius 3 is 1.53 bits per heavy atom. The molecule has 0 amide bonds. The number of methoxy groups -OCH3 is 2. The zero-order valence-electron chi connectivity index (χ0n) is 19.2. The molecule has 0 bridgehead atoms. The number of fused-ring (bicyclic) bond motifs is 3. The Balaban J connectivity index is 1.95. The van der Waals surface area contributed by atoms with Gasteiger partial charge in [-0.1, -0.05) is 54.6 Å². The highest BCUT2D eigenvalue weighted by Gasteiger charge is 2.18. The molecule has 5 aromatic rings. The average molecular weight is 451 g/mol. The van der Waals surface area contributed by atoms with E-state index in [1.54, 1.807) is 14.2 Å². The molecule has 0 saturated carbocycles. The maximum Gasteiger partial charge on any atom is 0.119 e. The highest BCUT2D eigenvalue weighted by atomic mass is 16.5. The molecule has 0 saturated heterocycles. The fourth-order valence-electron chi connectivity index (χ4n) is 4.63. The van der Waals surface area contributed by atoms with Crippen molar-refractivity contribution in [2.24, 2.45) is 0 Å². The minimum Gasteiger partial charge on any atom is -0.497 e. The standard InChI is InChI=1S/C30H26O4/c1-33-23-10-8-22(9-11-23)30-26-14-12-24(34-2)16-28(26)27-15-20(18-32)5-13-25(27)29(30)21-6-3-19(17-31)4-7-21/h3-16,31-32H,17-18H2,1-2H3. The number of hydrogen-bond donors (Lipinski definition) is 2. The summed E-state index contributed by atoms with van der Waals surface area (Å²) in [6.07, 6.45) is 0. The van der Waals surface area contributed by atoms with Crippen LogP contribution in [0, 0.1) is 0 Å². The summed E-state index contributed by atoms with van der Waals surface area (Å²) < 4.78 is 10.9. The highest BCUT2D eigenvalue weighted by Crippen LogP contribution is 2.45. The van der Waals surface area contributed by atoms with Crippen LogP contribution in [0.4, 0.5) is 0 Å². The monoisotopic (exact) mass is 450 g/mol. The molecule has 0 aliphatic carbocycles. The van der Waals surface area contributed by atoms with Crippen LogP contribution in [0.15, 0.2) is 84.9 Å². The molecule has 0 aromatic heterocycles. The predicted octanol–water partition coefficient (Wildman–Crippen LogP) is 6.33. The summed E-state index contributed by atoms with van der Waals surface area (Å²) in [6, 6.07) is 28.4. The van der Waals surface area contributed by atoms with Crippen molar-refractivity contribution in [1.82, 2.24) is 0 Å². The number of benzene rings is 5. The van der Waals surface area contributed by atoms with Crippen molar-refractivity contribution >= 4 is 21.5 Å². The normalized spacial score (nSPS) is 11.2. The van der Waals surface area contributed by atoms with Gasteiger partial charge in [0.05, 0.1) is 27.4 Å². The minimum atomic E-state index is -0.0256. The molecule has 0 aliphatic heterocycles. The van der Waals surface area contributed by atoms with Crippen molar-refractivity contribution in [3.8, 4) is 33.8 Å². The Kier molecular flexibility index (Phi) is 5.93. The van der Waals surface area contributed by atoms with E-state index in [9.17, 15) is 10.2 Å². The summed E-state index contributed by atoms with van der Waals surface area (Å²) in [5.41, 5.74) is 6.07. The summed E-state index contributed by atoms with van der Waals surface area (Å²) in [4.78, 5) is 0. The fourth-order valence-corrected chi connectivity index (χ4v) is 4.63. The molecule has 34 heavy (non-hydrogen) atoms. The maximum absolute atomic E-state index is 9.84. The number of ether oxygens (including phenoxy) is 2. The second-order valence-electron chi connectivity index (χ2n) is 8.28. The molecule has 0 atom stereocenters. The molecule has 170 valence electrons. The Bertz CT molecular complexity index is 1350. The predicted molar refractivity (Wildman–Crippen MR) is 137 cm³/mol. The van der Waals surface area contributed by atoms with E-state index in [0.29, 0.717) is 0 Å². The SMILES string of the molecule is COc1ccc(-c2c(-c3ccc(CO)cc3)c3ccc(CO)cc3c3cc(OC)ccc23)cc1. The Hall–Kier alpha value is -3.86. The third kappa shape index (κ3) is 3.77. The molecule has 0 aliphatic rings. The molecule has 4 nitrogen and oxygen atoms in total. The van der Waals surface area contributed by atoms with E-state index in [0.717, 1.165) is 66.4 Å². The third-order valence-corrected chi connectivity index (χ3v) is 6.38. The molecule has 5 aromatic carbocycles. The first-order chi connectivity index (χ1) is 16.7. The van der Waals surface area contributed by atoms with Crippen molar-refractivity contribution < 1.29 is 19.7 Å².